The topological polar surface area (TPSA) is 124 Å². The van der Waals surface area contributed by atoms with Gasteiger partial charge in [-0.05, 0) is 84.0 Å². The Bertz CT molecular complexity index is 1110. The summed E-state index contributed by atoms with van der Waals surface area (Å²) < 4.78 is 5.90. The Hall–Kier alpha value is -1.54. The minimum absolute atomic E-state index is 0.0817. The van der Waals surface area contributed by atoms with E-state index < -0.39 is 46.1 Å². The summed E-state index contributed by atoms with van der Waals surface area (Å²) in [6, 6.07) is 0. The lowest BCUT2D eigenvalue weighted by Gasteiger charge is -2.51. The summed E-state index contributed by atoms with van der Waals surface area (Å²) in [5.74, 6) is -0.919. The monoisotopic (exact) mass is 542 g/mol. The molecule has 6 aliphatic carbocycles. The molecule has 0 aromatic rings. The van der Waals surface area contributed by atoms with E-state index in [1.807, 2.05) is 6.92 Å². The van der Waals surface area contributed by atoms with Crippen LogP contribution >= 0.6 is 0 Å². The van der Waals surface area contributed by atoms with Crippen molar-refractivity contribution >= 4 is 12.3 Å². The highest BCUT2D eigenvalue weighted by molar-refractivity contribution is 5.71. The predicted octanol–water partition coefficient (Wildman–Crippen LogP) is 3.33. The number of ether oxygens (including phenoxy) is 1. The first-order chi connectivity index (χ1) is 18.3. The largest absolute Gasteiger partial charge is 0.462 e. The molecule has 0 aliphatic heterocycles. The van der Waals surface area contributed by atoms with E-state index in [0.29, 0.717) is 25.7 Å². The second-order valence-electron chi connectivity index (χ2n) is 14.6. The van der Waals surface area contributed by atoms with Gasteiger partial charge in [0.05, 0.1) is 29.3 Å². The molecular formula is C32H46O7. The average molecular weight is 543 g/mol. The zero-order chi connectivity index (χ0) is 28.3. The normalized spacial score (nSPS) is 52.1. The molecule has 13 atom stereocenters. The average Bonchev–Trinajstić information content (AvgIpc) is 3.62. The molecule has 216 valence electrons. The van der Waals surface area contributed by atoms with Crippen molar-refractivity contribution in [3.8, 4) is 0 Å². The van der Waals surface area contributed by atoms with Gasteiger partial charge in [0, 0.05) is 41.4 Å². The van der Waals surface area contributed by atoms with E-state index in [0.717, 1.165) is 43.1 Å². The molecule has 2 bridgehead atoms. The first-order valence-electron chi connectivity index (χ1n) is 15.1. The van der Waals surface area contributed by atoms with Crippen molar-refractivity contribution in [2.75, 3.05) is 0 Å². The van der Waals surface area contributed by atoms with E-state index in [2.05, 4.69) is 12.7 Å². The Morgan fingerprint density at radius 3 is 2.31 bits per heavy atom. The maximum atomic E-state index is 13.3. The van der Waals surface area contributed by atoms with E-state index >= 15 is 0 Å². The van der Waals surface area contributed by atoms with Gasteiger partial charge in [-0.2, -0.15) is 0 Å². The van der Waals surface area contributed by atoms with E-state index in [1.54, 1.807) is 13.8 Å². The van der Waals surface area contributed by atoms with Gasteiger partial charge in [-0.25, -0.2) is 0 Å². The number of carbonyl (C=O) groups is 2. The Labute approximate surface area is 231 Å². The van der Waals surface area contributed by atoms with Crippen molar-refractivity contribution in [1.82, 2.24) is 0 Å². The number of esters is 1. The molecule has 0 aromatic carbocycles. The second kappa shape index (κ2) is 8.73. The van der Waals surface area contributed by atoms with Crippen LogP contribution < -0.4 is 0 Å². The Kier molecular flexibility index (Phi) is 6.18. The van der Waals surface area contributed by atoms with Gasteiger partial charge >= 0.3 is 5.97 Å². The number of carbonyl (C=O) groups excluding carboxylic acids is 2. The van der Waals surface area contributed by atoms with Crippen molar-refractivity contribution in [2.24, 2.45) is 51.8 Å². The van der Waals surface area contributed by atoms with Crippen LogP contribution in [0.2, 0.25) is 0 Å². The van der Waals surface area contributed by atoms with E-state index in [1.165, 1.54) is 6.92 Å². The van der Waals surface area contributed by atoms with Crippen molar-refractivity contribution in [1.29, 1.82) is 0 Å². The van der Waals surface area contributed by atoms with Gasteiger partial charge in [0.25, 0.3) is 0 Å². The maximum absolute atomic E-state index is 13.3. The summed E-state index contributed by atoms with van der Waals surface area (Å²) in [4.78, 5) is 25.4. The van der Waals surface area contributed by atoms with E-state index in [4.69, 9.17) is 4.74 Å². The van der Waals surface area contributed by atoms with Gasteiger partial charge in [-0.1, -0.05) is 23.8 Å². The van der Waals surface area contributed by atoms with Crippen LogP contribution in [0.4, 0.5) is 0 Å². The van der Waals surface area contributed by atoms with Crippen molar-refractivity contribution in [3.63, 3.8) is 0 Å². The molecule has 6 aliphatic rings. The van der Waals surface area contributed by atoms with Crippen LogP contribution in [0, 0.1) is 51.8 Å². The van der Waals surface area contributed by atoms with E-state index in [-0.39, 0.29) is 41.7 Å². The fourth-order valence-corrected chi connectivity index (χ4v) is 11.4. The number of aldehydes is 1. The molecule has 0 unspecified atom stereocenters. The van der Waals surface area contributed by atoms with Gasteiger partial charge in [0.2, 0.25) is 0 Å². The summed E-state index contributed by atoms with van der Waals surface area (Å²) in [7, 11) is 0. The van der Waals surface area contributed by atoms with Gasteiger partial charge < -0.3 is 30.0 Å². The molecule has 5 fully saturated rings. The van der Waals surface area contributed by atoms with Crippen LogP contribution in [0.1, 0.15) is 79.1 Å². The van der Waals surface area contributed by atoms with Gasteiger partial charge in [-0.15, -0.1) is 0 Å². The number of allylic oxidation sites excluding steroid dienone is 1. The molecule has 0 amide bonds. The Morgan fingerprint density at radius 2 is 1.72 bits per heavy atom. The van der Waals surface area contributed by atoms with Gasteiger partial charge in [0.15, 0.2) is 0 Å². The molecule has 6 rings (SSSR count). The summed E-state index contributed by atoms with van der Waals surface area (Å²) in [6.45, 7) is 11.0. The third-order valence-electron chi connectivity index (χ3n) is 12.8. The summed E-state index contributed by atoms with van der Waals surface area (Å²) >= 11 is 0. The van der Waals surface area contributed by atoms with E-state index in [9.17, 15) is 30.0 Å². The summed E-state index contributed by atoms with van der Waals surface area (Å²) in [5.41, 5.74) is -2.07. The van der Waals surface area contributed by atoms with Crippen LogP contribution in [0.3, 0.4) is 0 Å². The number of hydrogen-bond acceptors (Lipinski definition) is 7. The summed E-state index contributed by atoms with van der Waals surface area (Å²) in [5, 5.41) is 46.9. The van der Waals surface area contributed by atoms with Crippen LogP contribution in [-0.2, 0) is 14.3 Å². The van der Waals surface area contributed by atoms with Gasteiger partial charge in [0.1, 0.15) is 12.4 Å². The number of aliphatic hydroxyl groups is 4. The van der Waals surface area contributed by atoms with Crippen molar-refractivity contribution in [2.45, 2.75) is 109 Å². The zero-order valence-corrected chi connectivity index (χ0v) is 23.8. The van der Waals surface area contributed by atoms with Gasteiger partial charge in [-0.3, -0.25) is 4.79 Å². The van der Waals surface area contributed by atoms with Crippen molar-refractivity contribution < 1.29 is 34.8 Å². The highest BCUT2D eigenvalue weighted by atomic mass is 16.5. The molecule has 5 saturated carbocycles. The molecular weight excluding hydrogens is 496 g/mol. The lowest BCUT2D eigenvalue weighted by molar-refractivity contribution is -0.170. The molecule has 39 heavy (non-hydrogen) atoms. The Morgan fingerprint density at radius 1 is 1.03 bits per heavy atom. The number of fused-ring (bicyclic) bond motifs is 2. The zero-order valence-electron chi connectivity index (χ0n) is 23.8. The SMILES string of the molecule is C=C(C)[C@@H]1CC[C@H]([C@@H]2CC[C@@H]3C2=C[C@@]2(C=O)[C@@H]4CC[C@@]2([C@H]3O)[C@@H](O)[C@]42CC[C@@H](C(C)(C)O)[C@@H]2O)[C@H]1OC(C)=O. The minimum atomic E-state index is -1.12. The highest BCUT2D eigenvalue weighted by Gasteiger charge is 2.83. The highest BCUT2D eigenvalue weighted by Crippen LogP contribution is 2.80. The summed E-state index contributed by atoms with van der Waals surface area (Å²) in [6.07, 6.45) is 5.61. The van der Waals surface area contributed by atoms with Crippen LogP contribution in [0.15, 0.2) is 23.8 Å². The maximum Gasteiger partial charge on any atom is 0.302 e. The third-order valence-corrected chi connectivity index (χ3v) is 12.8. The molecule has 4 N–H and O–H groups in total. The molecule has 7 nitrogen and oxygen atoms in total. The van der Waals surface area contributed by atoms with Crippen molar-refractivity contribution in [3.05, 3.63) is 23.8 Å². The molecule has 7 heteroatoms. The molecule has 0 heterocycles. The molecule has 0 aromatic heterocycles. The van der Waals surface area contributed by atoms with Crippen LogP contribution in [0.25, 0.3) is 0 Å². The first-order valence-corrected chi connectivity index (χ1v) is 15.1. The lowest BCUT2D eigenvalue weighted by Crippen LogP contribution is -2.59. The quantitative estimate of drug-likeness (QED) is 0.239. The molecule has 1 spiro atoms. The number of hydrogen-bond donors (Lipinski definition) is 4. The standard InChI is InChI=1S/C32H46O7/c1-16(2)18-6-8-20(25(18)39-17(3)34)19-7-9-21-22(19)14-30(15-33)24-11-13-32(30,26(21)35)28(37)31(24)12-10-23(27(31)36)29(4,5)38/h14-15,18-21,23-28,35-38H,1,6-13H2,2-5H3/t18-,19-,20+,21+,23+,24-,25-,26-,27-,28-,30+,31+,32+/m0/s1. The fourth-order valence-electron chi connectivity index (χ4n) is 11.4. The molecule has 0 saturated heterocycles. The third kappa shape index (κ3) is 3.25. The smallest absolute Gasteiger partial charge is 0.302 e. The molecule has 0 radical (unpaired) electrons. The minimum Gasteiger partial charge on any atom is -0.462 e. The predicted molar refractivity (Wildman–Crippen MR) is 144 cm³/mol. The first kappa shape index (κ1) is 27.6. The lowest BCUT2D eigenvalue weighted by atomic mass is 9.55. The fraction of sp³-hybridized carbons (Fsp3) is 0.812. The second-order valence-corrected chi connectivity index (χ2v) is 14.6. The Balaban J connectivity index is 1.43. The number of aliphatic hydroxyl groups excluding tert-OH is 3. The van der Waals surface area contributed by atoms with Crippen LogP contribution in [0.5, 0.6) is 0 Å². The number of rotatable bonds is 5. The van der Waals surface area contributed by atoms with Crippen LogP contribution in [-0.4, -0.2) is 62.7 Å².